The Balaban J connectivity index is 1.98. The molecule has 0 fully saturated rings. The summed E-state index contributed by atoms with van der Waals surface area (Å²) in [5.41, 5.74) is 2.01. The largest absolute Gasteiger partial charge is 0.494 e. The molecule has 0 amide bonds. The van der Waals surface area contributed by atoms with Crippen molar-refractivity contribution >= 4 is 21.9 Å². The third-order valence-corrected chi connectivity index (χ3v) is 4.13. The van der Waals surface area contributed by atoms with Gasteiger partial charge in [-0.05, 0) is 41.3 Å². The number of H-pyrrole nitrogens is 2. The number of hydrogen-bond donors (Lipinski definition) is 2. The van der Waals surface area contributed by atoms with Gasteiger partial charge in [-0.2, -0.15) is 13.2 Å². The van der Waals surface area contributed by atoms with Crippen LogP contribution >= 0.6 is 0 Å². The zero-order valence-electron chi connectivity index (χ0n) is 13.4. The lowest BCUT2D eigenvalue weighted by Gasteiger charge is -2.07. The third-order valence-electron chi connectivity index (χ3n) is 4.13. The minimum atomic E-state index is -4.59. The maximum atomic E-state index is 13.1. The minimum Gasteiger partial charge on any atom is -0.494 e. The van der Waals surface area contributed by atoms with Gasteiger partial charge in [0.25, 0.3) is 0 Å². The Labute approximate surface area is 144 Å². The number of pyridine rings is 1. The summed E-state index contributed by atoms with van der Waals surface area (Å²) in [6.45, 7) is 0. The molecule has 0 saturated heterocycles. The van der Waals surface area contributed by atoms with Gasteiger partial charge < -0.3 is 14.7 Å². The molecule has 2 heterocycles. The molecule has 0 bridgehead atoms. The number of halogens is 3. The van der Waals surface area contributed by atoms with E-state index >= 15 is 0 Å². The maximum absolute atomic E-state index is 13.1. The lowest BCUT2D eigenvalue weighted by atomic mass is 10.0. The van der Waals surface area contributed by atoms with Gasteiger partial charge in [0.15, 0.2) is 0 Å². The van der Waals surface area contributed by atoms with E-state index in [-0.39, 0.29) is 22.3 Å². The molecule has 4 aromatic rings. The summed E-state index contributed by atoms with van der Waals surface area (Å²) < 4.78 is 44.4. The fourth-order valence-corrected chi connectivity index (χ4v) is 2.93. The van der Waals surface area contributed by atoms with E-state index in [9.17, 15) is 18.0 Å². The van der Waals surface area contributed by atoms with Crippen LogP contribution in [0.5, 0.6) is 5.75 Å². The van der Waals surface area contributed by atoms with Crippen molar-refractivity contribution in [2.45, 2.75) is 6.18 Å². The van der Waals surface area contributed by atoms with E-state index in [0.29, 0.717) is 16.6 Å². The number of imidazole rings is 1. The molecule has 0 unspecified atom stereocenters. The number of benzene rings is 2. The number of nitrogens with zero attached hydrogens (tertiary/aromatic N) is 1. The van der Waals surface area contributed by atoms with Crippen LogP contribution in [0.3, 0.4) is 0 Å². The lowest BCUT2D eigenvalue weighted by molar-refractivity contribution is -0.144. The minimum absolute atomic E-state index is 0.110. The van der Waals surface area contributed by atoms with Crippen molar-refractivity contribution in [3.8, 4) is 16.9 Å². The van der Waals surface area contributed by atoms with Crippen molar-refractivity contribution in [3.63, 3.8) is 0 Å². The van der Waals surface area contributed by atoms with Crippen LogP contribution in [0.2, 0.25) is 0 Å². The first-order valence-electron chi connectivity index (χ1n) is 7.64. The van der Waals surface area contributed by atoms with Gasteiger partial charge in [-0.3, -0.25) is 4.79 Å². The van der Waals surface area contributed by atoms with Crippen LogP contribution in [0.15, 0.2) is 47.3 Å². The number of alkyl halides is 3. The average Bonchev–Trinajstić information content (AvgIpc) is 3.06. The summed E-state index contributed by atoms with van der Waals surface area (Å²) in [5.74, 6) is -0.830. The molecule has 4 rings (SSSR count). The van der Waals surface area contributed by atoms with Crippen molar-refractivity contribution < 1.29 is 17.9 Å². The van der Waals surface area contributed by atoms with E-state index in [1.807, 2.05) is 0 Å². The summed E-state index contributed by atoms with van der Waals surface area (Å²) in [6.07, 6.45) is -4.59. The molecule has 5 nitrogen and oxygen atoms in total. The molecule has 2 aromatic carbocycles. The number of nitrogens with one attached hydrogen (secondary N) is 2. The zero-order valence-corrected chi connectivity index (χ0v) is 13.4. The highest BCUT2D eigenvalue weighted by atomic mass is 19.4. The fourth-order valence-electron chi connectivity index (χ4n) is 2.93. The van der Waals surface area contributed by atoms with Crippen LogP contribution in [0.1, 0.15) is 5.82 Å². The number of rotatable bonds is 2. The molecule has 0 atom stereocenters. The summed E-state index contributed by atoms with van der Waals surface area (Å²) in [5, 5.41) is 0.765. The molecule has 0 radical (unpaired) electrons. The second kappa shape index (κ2) is 5.62. The van der Waals surface area contributed by atoms with Crippen LogP contribution < -0.4 is 10.3 Å². The van der Waals surface area contributed by atoms with Gasteiger partial charge in [0.2, 0.25) is 11.4 Å². The highest BCUT2D eigenvalue weighted by molar-refractivity contribution is 5.97. The van der Waals surface area contributed by atoms with E-state index in [0.717, 1.165) is 5.39 Å². The molecule has 2 N–H and O–H groups in total. The van der Waals surface area contributed by atoms with Crippen LogP contribution in [-0.4, -0.2) is 22.1 Å². The highest BCUT2D eigenvalue weighted by Gasteiger charge is 2.35. The van der Waals surface area contributed by atoms with Crippen molar-refractivity contribution in [1.29, 1.82) is 0 Å². The second-order valence-corrected chi connectivity index (χ2v) is 5.75. The Hall–Kier alpha value is -3.29. The molecular formula is C18H12F3N3O2. The molecule has 0 aliphatic carbocycles. The van der Waals surface area contributed by atoms with Gasteiger partial charge in [-0.25, -0.2) is 4.98 Å². The Bertz CT molecular complexity index is 1190. The number of hydrogen-bond acceptors (Lipinski definition) is 3. The van der Waals surface area contributed by atoms with Gasteiger partial charge in [-0.15, -0.1) is 0 Å². The average molecular weight is 359 g/mol. The van der Waals surface area contributed by atoms with Crippen molar-refractivity contribution in [2.75, 3.05) is 7.11 Å². The molecule has 0 aliphatic rings. The predicted molar refractivity (Wildman–Crippen MR) is 91.2 cm³/mol. The number of ether oxygens (including phenoxy) is 1. The fraction of sp³-hybridized carbons (Fsp3) is 0.111. The van der Waals surface area contributed by atoms with Crippen LogP contribution in [0.4, 0.5) is 13.2 Å². The molecule has 26 heavy (non-hydrogen) atoms. The van der Waals surface area contributed by atoms with Crippen molar-refractivity contribution in [2.24, 2.45) is 0 Å². The van der Waals surface area contributed by atoms with E-state index < -0.39 is 12.0 Å². The topological polar surface area (TPSA) is 70.8 Å². The van der Waals surface area contributed by atoms with Crippen molar-refractivity contribution in [3.05, 3.63) is 58.6 Å². The number of aromatic nitrogens is 3. The molecule has 132 valence electrons. The molecule has 0 saturated carbocycles. The molecule has 8 heteroatoms. The monoisotopic (exact) mass is 359 g/mol. The summed E-state index contributed by atoms with van der Waals surface area (Å²) >= 11 is 0. The molecule has 0 spiro atoms. The maximum Gasteiger partial charge on any atom is 0.449 e. The van der Waals surface area contributed by atoms with Gasteiger partial charge in [0.05, 0.1) is 12.6 Å². The Morgan fingerprint density at radius 3 is 2.58 bits per heavy atom. The first kappa shape index (κ1) is 16.2. The van der Waals surface area contributed by atoms with Crippen molar-refractivity contribution in [1.82, 2.24) is 15.0 Å². The smallest absolute Gasteiger partial charge is 0.449 e. The molecule has 2 aromatic heterocycles. The second-order valence-electron chi connectivity index (χ2n) is 5.75. The summed E-state index contributed by atoms with van der Waals surface area (Å²) in [4.78, 5) is 20.1. The third kappa shape index (κ3) is 2.59. The summed E-state index contributed by atoms with van der Waals surface area (Å²) in [7, 11) is 1.38. The van der Waals surface area contributed by atoms with Gasteiger partial charge in [0, 0.05) is 17.1 Å². The first-order chi connectivity index (χ1) is 12.4. The first-order valence-corrected chi connectivity index (χ1v) is 7.64. The van der Waals surface area contributed by atoms with Gasteiger partial charge in [0.1, 0.15) is 11.3 Å². The zero-order chi connectivity index (χ0) is 18.5. The van der Waals surface area contributed by atoms with Crippen LogP contribution in [-0.2, 0) is 6.18 Å². The number of methoxy groups -OCH3 is 1. The lowest BCUT2D eigenvalue weighted by Crippen LogP contribution is -2.06. The van der Waals surface area contributed by atoms with Gasteiger partial charge >= 0.3 is 6.18 Å². The Morgan fingerprint density at radius 1 is 1.04 bits per heavy atom. The standard InChI is InChI=1S/C18H12F3N3O2/c1-26-13-6-4-11(15-16(13)24-17(23-15)18(19,20)21)9-2-5-12-10(8-9)3-7-14(25)22-12/h2-8H,1H3,(H,22,25)(H,23,24). The SMILES string of the molecule is COc1ccc(-c2ccc3[nH]c(=O)ccc3c2)c2[nH]c(C(F)(F)F)nc12. The Morgan fingerprint density at radius 2 is 1.85 bits per heavy atom. The van der Waals surface area contributed by atoms with Gasteiger partial charge in [-0.1, -0.05) is 6.07 Å². The van der Waals surface area contributed by atoms with Crippen LogP contribution in [0.25, 0.3) is 33.1 Å². The van der Waals surface area contributed by atoms with E-state index in [2.05, 4.69) is 15.0 Å². The summed E-state index contributed by atoms with van der Waals surface area (Å²) in [6, 6.07) is 11.5. The molecule has 0 aliphatic heterocycles. The molecular weight excluding hydrogens is 347 g/mol. The van der Waals surface area contributed by atoms with E-state index in [1.54, 1.807) is 36.4 Å². The van der Waals surface area contributed by atoms with E-state index in [4.69, 9.17) is 4.74 Å². The predicted octanol–water partition coefficient (Wildman–Crippen LogP) is 4.10. The van der Waals surface area contributed by atoms with E-state index in [1.165, 1.54) is 13.2 Å². The quantitative estimate of drug-likeness (QED) is 0.566. The van der Waals surface area contributed by atoms with Crippen LogP contribution in [0, 0.1) is 0 Å². The number of fused-ring (bicyclic) bond motifs is 2. The normalized spacial score (nSPS) is 12.0. The Kier molecular flexibility index (Phi) is 3.50. The number of aromatic amines is 2. The highest BCUT2D eigenvalue weighted by Crippen LogP contribution is 2.37.